The van der Waals surface area contributed by atoms with E-state index in [1.807, 2.05) is 36.4 Å². The SMILES string of the molecule is C=C/C=C\C=C(\NCc1ccccc1F)SC(O)CCc1ccc(C(=O)NCCCN2CCCC2)cc1. The molecule has 0 spiro atoms. The van der Waals surface area contributed by atoms with E-state index in [2.05, 4.69) is 22.1 Å². The van der Waals surface area contributed by atoms with Gasteiger partial charge in [-0.25, -0.2) is 4.39 Å². The zero-order valence-electron chi connectivity index (χ0n) is 21.4. The van der Waals surface area contributed by atoms with Gasteiger partial charge in [-0.1, -0.05) is 66.9 Å². The molecule has 7 heteroatoms. The second-order valence-corrected chi connectivity index (χ2v) is 10.3. The van der Waals surface area contributed by atoms with Crippen LogP contribution in [-0.4, -0.2) is 47.5 Å². The Kier molecular flexibility index (Phi) is 12.5. The molecular formula is C30H38FN3O2S. The topological polar surface area (TPSA) is 64.6 Å². The van der Waals surface area contributed by atoms with Crippen molar-refractivity contribution in [3.63, 3.8) is 0 Å². The molecule has 3 rings (SSSR count). The number of likely N-dealkylation sites (tertiary alicyclic amines) is 1. The summed E-state index contributed by atoms with van der Waals surface area (Å²) in [5, 5.41) is 17.6. The molecule has 2 aromatic carbocycles. The Balaban J connectivity index is 1.42. The van der Waals surface area contributed by atoms with E-state index in [9.17, 15) is 14.3 Å². The molecule has 1 unspecified atom stereocenters. The fourth-order valence-corrected chi connectivity index (χ4v) is 4.96. The summed E-state index contributed by atoms with van der Waals surface area (Å²) in [7, 11) is 0. The van der Waals surface area contributed by atoms with Crippen LogP contribution in [0.25, 0.3) is 0 Å². The van der Waals surface area contributed by atoms with E-state index in [4.69, 9.17) is 0 Å². The third kappa shape index (κ3) is 10.6. The van der Waals surface area contributed by atoms with Gasteiger partial charge in [0.1, 0.15) is 11.3 Å². The van der Waals surface area contributed by atoms with Crippen LogP contribution in [0, 0.1) is 5.82 Å². The Morgan fingerprint density at radius 2 is 1.86 bits per heavy atom. The van der Waals surface area contributed by atoms with Crippen LogP contribution in [0.1, 0.15) is 47.2 Å². The van der Waals surface area contributed by atoms with Crippen LogP contribution in [0.15, 0.2) is 84.4 Å². The van der Waals surface area contributed by atoms with Crippen LogP contribution in [0.5, 0.6) is 0 Å². The van der Waals surface area contributed by atoms with E-state index in [-0.39, 0.29) is 11.7 Å². The first-order valence-electron chi connectivity index (χ1n) is 13.0. The van der Waals surface area contributed by atoms with Crippen molar-refractivity contribution in [3.05, 3.63) is 107 Å². The maximum atomic E-state index is 14.0. The summed E-state index contributed by atoms with van der Waals surface area (Å²) in [5.74, 6) is -0.312. The van der Waals surface area contributed by atoms with E-state index in [0.29, 0.717) is 37.1 Å². The number of carbonyl (C=O) groups excluding carboxylic acids is 1. The van der Waals surface area contributed by atoms with Crippen molar-refractivity contribution in [2.24, 2.45) is 0 Å². The molecule has 37 heavy (non-hydrogen) atoms. The minimum Gasteiger partial charge on any atom is -0.382 e. The fraction of sp³-hybridized carbons (Fsp3) is 0.367. The van der Waals surface area contributed by atoms with Gasteiger partial charge in [0.25, 0.3) is 5.91 Å². The molecule has 1 aliphatic heterocycles. The number of halogens is 1. The molecular weight excluding hydrogens is 485 g/mol. The van der Waals surface area contributed by atoms with Gasteiger partial charge in [-0.2, -0.15) is 0 Å². The van der Waals surface area contributed by atoms with Crippen molar-refractivity contribution in [2.45, 2.75) is 44.1 Å². The highest BCUT2D eigenvalue weighted by Gasteiger charge is 2.12. The molecule has 3 N–H and O–H groups in total. The van der Waals surface area contributed by atoms with Crippen LogP contribution in [-0.2, 0) is 13.0 Å². The Bertz CT molecular complexity index is 1050. The molecule has 0 bridgehead atoms. The summed E-state index contributed by atoms with van der Waals surface area (Å²) >= 11 is 1.30. The number of allylic oxidation sites excluding steroid dienone is 4. The number of nitrogens with zero attached hydrogens (tertiary/aromatic N) is 1. The predicted octanol–water partition coefficient (Wildman–Crippen LogP) is 5.40. The van der Waals surface area contributed by atoms with Gasteiger partial charge in [0, 0.05) is 24.2 Å². The van der Waals surface area contributed by atoms with Gasteiger partial charge in [0.05, 0.1) is 5.03 Å². The summed E-state index contributed by atoms with van der Waals surface area (Å²) < 4.78 is 14.0. The highest BCUT2D eigenvalue weighted by molar-refractivity contribution is 8.03. The number of nitrogens with one attached hydrogen (secondary N) is 2. The molecule has 1 amide bonds. The molecule has 1 aliphatic rings. The maximum absolute atomic E-state index is 14.0. The second-order valence-electron chi connectivity index (χ2n) is 9.06. The van der Waals surface area contributed by atoms with Crippen molar-refractivity contribution in [2.75, 3.05) is 26.2 Å². The molecule has 1 heterocycles. The van der Waals surface area contributed by atoms with E-state index < -0.39 is 5.44 Å². The average Bonchev–Trinajstić information content (AvgIpc) is 3.43. The average molecular weight is 524 g/mol. The molecule has 0 aliphatic carbocycles. The molecule has 5 nitrogen and oxygen atoms in total. The third-order valence-electron chi connectivity index (χ3n) is 6.20. The number of aliphatic hydroxyl groups excluding tert-OH is 1. The van der Waals surface area contributed by atoms with Crippen LogP contribution in [0.4, 0.5) is 4.39 Å². The van der Waals surface area contributed by atoms with Crippen molar-refractivity contribution in [1.82, 2.24) is 15.5 Å². The first-order valence-corrected chi connectivity index (χ1v) is 13.8. The highest BCUT2D eigenvalue weighted by atomic mass is 32.2. The van der Waals surface area contributed by atoms with Crippen molar-refractivity contribution in [1.29, 1.82) is 0 Å². The molecule has 0 aromatic heterocycles. The van der Waals surface area contributed by atoms with Gasteiger partial charge < -0.3 is 20.6 Å². The number of hydrogen-bond donors (Lipinski definition) is 3. The lowest BCUT2D eigenvalue weighted by molar-refractivity contribution is 0.0952. The lowest BCUT2D eigenvalue weighted by Gasteiger charge is -2.15. The van der Waals surface area contributed by atoms with Crippen molar-refractivity contribution in [3.8, 4) is 0 Å². The lowest BCUT2D eigenvalue weighted by Crippen LogP contribution is -2.28. The minimum atomic E-state index is -0.643. The zero-order chi connectivity index (χ0) is 26.3. The van der Waals surface area contributed by atoms with E-state index in [1.165, 1.54) is 43.8 Å². The quantitative estimate of drug-likeness (QED) is 0.166. The molecule has 1 fully saturated rings. The summed E-state index contributed by atoms with van der Waals surface area (Å²) in [6.45, 7) is 8.07. The molecule has 2 aromatic rings. The standard InChI is InChI=1S/C30H38FN3O2S/c1-2-3-4-12-28(33-23-26-10-5-6-11-27(26)31)37-29(35)18-15-24-13-16-25(17-14-24)30(36)32-19-9-22-34-20-7-8-21-34/h2-6,10-14,16-17,29,33,35H,1,7-9,15,18-23H2,(H,32,36)/b4-3-,28-12-. The summed E-state index contributed by atoms with van der Waals surface area (Å²) in [6, 6.07) is 14.2. The molecule has 1 saturated heterocycles. The van der Waals surface area contributed by atoms with Gasteiger partial charge in [-0.05, 0) is 81.6 Å². The van der Waals surface area contributed by atoms with Gasteiger partial charge in [-0.15, -0.1) is 0 Å². The Morgan fingerprint density at radius 3 is 2.59 bits per heavy atom. The second kappa shape index (κ2) is 16.1. The smallest absolute Gasteiger partial charge is 0.251 e. The van der Waals surface area contributed by atoms with Gasteiger partial charge in [0.2, 0.25) is 0 Å². The van der Waals surface area contributed by atoms with Gasteiger partial charge in [0.15, 0.2) is 0 Å². The zero-order valence-corrected chi connectivity index (χ0v) is 22.2. The number of amides is 1. The number of thioether (sulfide) groups is 1. The number of rotatable bonds is 15. The fourth-order valence-electron chi connectivity index (χ4n) is 4.12. The Morgan fingerprint density at radius 1 is 1.11 bits per heavy atom. The molecule has 1 atom stereocenters. The maximum Gasteiger partial charge on any atom is 0.251 e. The molecule has 0 saturated carbocycles. The van der Waals surface area contributed by atoms with Crippen LogP contribution in [0.2, 0.25) is 0 Å². The van der Waals surface area contributed by atoms with Gasteiger partial charge >= 0.3 is 0 Å². The largest absolute Gasteiger partial charge is 0.382 e. The van der Waals surface area contributed by atoms with Crippen molar-refractivity contribution >= 4 is 17.7 Å². The Hall–Kier alpha value is -2.87. The molecule has 0 radical (unpaired) electrons. The number of carbonyl (C=O) groups is 1. The number of benzene rings is 2. The highest BCUT2D eigenvalue weighted by Crippen LogP contribution is 2.23. The van der Waals surface area contributed by atoms with Crippen LogP contribution < -0.4 is 10.6 Å². The van der Waals surface area contributed by atoms with Crippen LogP contribution in [0.3, 0.4) is 0 Å². The van der Waals surface area contributed by atoms with E-state index in [1.54, 1.807) is 30.4 Å². The molecule has 198 valence electrons. The summed E-state index contributed by atoms with van der Waals surface area (Å²) in [6.07, 6.45) is 11.9. The predicted molar refractivity (Wildman–Crippen MR) is 152 cm³/mol. The minimum absolute atomic E-state index is 0.0492. The van der Waals surface area contributed by atoms with E-state index >= 15 is 0 Å². The Labute approximate surface area is 224 Å². The summed E-state index contributed by atoms with van der Waals surface area (Å²) in [5.41, 5.74) is 1.63. The van der Waals surface area contributed by atoms with E-state index in [0.717, 1.165) is 23.6 Å². The number of aliphatic hydroxyl groups is 1. The normalized spacial score (nSPS) is 15.1. The number of aryl methyl sites for hydroxylation is 1. The number of hydrogen-bond acceptors (Lipinski definition) is 5. The summed E-state index contributed by atoms with van der Waals surface area (Å²) in [4.78, 5) is 14.9. The monoisotopic (exact) mass is 523 g/mol. The van der Waals surface area contributed by atoms with Crippen molar-refractivity contribution < 1.29 is 14.3 Å². The third-order valence-corrected chi connectivity index (χ3v) is 7.24. The van der Waals surface area contributed by atoms with Crippen LogP contribution >= 0.6 is 11.8 Å². The lowest BCUT2D eigenvalue weighted by atomic mass is 10.1. The first kappa shape index (κ1) is 28.7. The van der Waals surface area contributed by atoms with Gasteiger partial charge in [-0.3, -0.25) is 4.79 Å². The first-order chi connectivity index (χ1) is 18.0.